The van der Waals surface area contributed by atoms with Gasteiger partial charge in [0.25, 0.3) is 5.91 Å². The highest BCUT2D eigenvalue weighted by Gasteiger charge is 2.40. The third-order valence-electron chi connectivity index (χ3n) is 6.62. The number of hydrogen-bond acceptors (Lipinski definition) is 3. The van der Waals surface area contributed by atoms with Crippen molar-refractivity contribution >= 4 is 17.5 Å². The topological polar surface area (TPSA) is 73.2 Å². The first-order valence-corrected chi connectivity index (χ1v) is 11.6. The van der Waals surface area contributed by atoms with Gasteiger partial charge in [-0.3, -0.25) is 9.59 Å². The van der Waals surface area contributed by atoms with Crippen LogP contribution in [0.25, 0.3) is 0 Å². The van der Waals surface area contributed by atoms with Gasteiger partial charge in [0.15, 0.2) is 0 Å². The standard InChI is InChI=1S/C29H29N3O2/c1-19-14-15-23(18-30)25(17-19)31-28(33)24-13-8-16-32(27(24)22-11-5-4-6-12-22)29(34)26-20(2)9-7-10-21(26)3/h4-7,9-12,14-15,17,24,27H,8,13,16H2,1-3H3,(H,31,33). The molecule has 0 aliphatic carbocycles. The van der Waals surface area contributed by atoms with Gasteiger partial charge in [-0.05, 0) is 68.0 Å². The molecule has 3 aromatic rings. The smallest absolute Gasteiger partial charge is 0.254 e. The van der Waals surface area contributed by atoms with Gasteiger partial charge >= 0.3 is 0 Å². The Morgan fingerprint density at radius 1 is 0.971 bits per heavy atom. The molecular formula is C29H29N3O2. The number of carbonyl (C=O) groups is 2. The first-order valence-electron chi connectivity index (χ1n) is 11.6. The lowest BCUT2D eigenvalue weighted by molar-refractivity contribution is -0.123. The Bertz CT molecular complexity index is 1240. The first-order chi connectivity index (χ1) is 16.4. The summed E-state index contributed by atoms with van der Waals surface area (Å²) in [4.78, 5) is 29.3. The molecule has 1 heterocycles. The van der Waals surface area contributed by atoms with E-state index in [1.165, 1.54) is 0 Å². The zero-order chi connectivity index (χ0) is 24.2. The van der Waals surface area contributed by atoms with E-state index >= 15 is 0 Å². The van der Waals surface area contributed by atoms with Crippen molar-refractivity contribution in [2.24, 2.45) is 5.92 Å². The molecule has 0 radical (unpaired) electrons. The van der Waals surface area contributed by atoms with Crippen LogP contribution < -0.4 is 5.32 Å². The average Bonchev–Trinajstić information content (AvgIpc) is 2.84. The van der Waals surface area contributed by atoms with Crippen LogP contribution in [-0.4, -0.2) is 23.3 Å². The molecule has 1 aliphatic heterocycles. The summed E-state index contributed by atoms with van der Waals surface area (Å²) in [6.07, 6.45) is 1.40. The molecule has 5 heteroatoms. The van der Waals surface area contributed by atoms with Crippen LogP contribution in [0.2, 0.25) is 0 Å². The Kier molecular flexibility index (Phi) is 6.79. The zero-order valence-electron chi connectivity index (χ0n) is 19.8. The number of benzene rings is 3. The Balaban J connectivity index is 1.73. The number of nitrogens with one attached hydrogen (secondary N) is 1. The number of nitriles is 1. The fourth-order valence-corrected chi connectivity index (χ4v) is 4.94. The highest BCUT2D eigenvalue weighted by Crippen LogP contribution is 2.38. The molecule has 172 valence electrons. The zero-order valence-corrected chi connectivity index (χ0v) is 19.8. The van der Waals surface area contributed by atoms with Crippen LogP contribution in [0.5, 0.6) is 0 Å². The maximum atomic E-state index is 13.8. The highest BCUT2D eigenvalue weighted by molar-refractivity contribution is 5.99. The van der Waals surface area contributed by atoms with E-state index < -0.39 is 12.0 Å². The molecule has 0 saturated carbocycles. The Morgan fingerprint density at radius 2 is 1.68 bits per heavy atom. The maximum Gasteiger partial charge on any atom is 0.254 e. The summed E-state index contributed by atoms with van der Waals surface area (Å²) in [5.74, 6) is -0.651. The van der Waals surface area contributed by atoms with E-state index in [-0.39, 0.29) is 11.8 Å². The minimum absolute atomic E-state index is 0.0461. The summed E-state index contributed by atoms with van der Waals surface area (Å²) in [5, 5.41) is 12.5. The molecule has 0 aromatic heterocycles. The van der Waals surface area contributed by atoms with Gasteiger partial charge in [0.05, 0.1) is 23.2 Å². The van der Waals surface area contributed by atoms with Crippen LogP contribution in [0.4, 0.5) is 5.69 Å². The van der Waals surface area contributed by atoms with Gasteiger partial charge in [0.1, 0.15) is 6.07 Å². The highest BCUT2D eigenvalue weighted by atomic mass is 16.2. The molecule has 1 saturated heterocycles. The minimum Gasteiger partial charge on any atom is -0.331 e. The second-order valence-electron chi connectivity index (χ2n) is 9.02. The lowest BCUT2D eigenvalue weighted by Crippen LogP contribution is -2.46. The molecule has 1 fully saturated rings. The summed E-state index contributed by atoms with van der Waals surface area (Å²) >= 11 is 0. The van der Waals surface area contributed by atoms with Gasteiger partial charge in [-0.15, -0.1) is 0 Å². The van der Waals surface area contributed by atoms with Crippen LogP contribution in [0, 0.1) is 38.0 Å². The predicted octanol–water partition coefficient (Wildman–Crippen LogP) is 5.72. The summed E-state index contributed by atoms with van der Waals surface area (Å²) in [5.41, 5.74) is 5.40. The van der Waals surface area contributed by atoms with Gasteiger partial charge in [0, 0.05) is 12.1 Å². The fraction of sp³-hybridized carbons (Fsp3) is 0.276. The SMILES string of the molecule is Cc1ccc(C#N)c(NC(=O)C2CCCN(C(=O)c3c(C)cccc3C)C2c2ccccc2)c1. The molecule has 3 aromatic carbocycles. The van der Waals surface area contributed by atoms with E-state index in [1.54, 1.807) is 6.07 Å². The average molecular weight is 452 g/mol. The summed E-state index contributed by atoms with van der Waals surface area (Å²) in [6, 6.07) is 22.8. The van der Waals surface area contributed by atoms with Crippen molar-refractivity contribution in [3.05, 3.63) is 100 Å². The van der Waals surface area contributed by atoms with Crippen molar-refractivity contribution in [3.8, 4) is 6.07 Å². The van der Waals surface area contributed by atoms with Gasteiger partial charge in [-0.25, -0.2) is 0 Å². The lowest BCUT2D eigenvalue weighted by Gasteiger charge is -2.41. The quantitative estimate of drug-likeness (QED) is 0.552. The second-order valence-corrected chi connectivity index (χ2v) is 9.02. The number of amides is 2. The van der Waals surface area contributed by atoms with Gasteiger partial charge in [-0.1, -0.05) is 54.6 Å². The van der Waals surface area contributed by atoms with Crippen LogP contribution in [0.15, 0.2) is 66.7 Å². The molecule has 0 bridgehead atoms. The molecule has 2 atom stereocenters. The van der Waals surface area contributed by atoms with Crippen LogP contribution in [0.3, 0.4) is 0 Å². The molecule has 2 amide bonds. The third kappa shape index (κ3) is 4.58. The summed E-state index contributed by atoms with van der Waals surface area (Å²) < 4.78 is 0. The van der Waals surface area contributed by atoms with E-state index in [0.717, 1.165) is 28.7 Å². The van der Waals surface area contributed by atoms with Crippen molar-refractivity contribution in [1.82, 2.24) is 4.90 Å². The van der Waals surface area contributed by atoms with Crippen LogP contribution in [-0.2, 0) is 4.79 Å². The van der Waals surface area contributed by atoms with Crippen molar-refractivity contribution in [2.45, 2.75) is 39.7 Å². The molecule has 2 unspecified atom stereocenters. The largest absolute Gasteiger partial charge is 0.331 e. The maximum absolute atomic E-state index is 13.8. The molecular weight excluding hydrogens is 422 g/mol. The van der Waals surface area contributed by atoms with Crippen LogP contribution >= 0.6 is 0 Å². The number of carbonyl (C=O) groups excluding carboxylic acids is 2. The van der Waals surface area contributed by atoms with Gasteiger partial charge in [-0.2, -0.15) is 5.26 Å². The van der Waals surface area contributed by atoms with Crippen molar-refractivity contribution in [3.63, 3.8) is 0 Å². The predicted molar refractivity (Wildman–Crippen MR) is 133 cm³/mol. The van der Waals surface area contributed by atoms with Crippen LogP contribution in [0.1, 0.15) is 57.1 Å². The number of rotatable bonds is 4. The first kappa shape index (κ1) is 23.3. The molecule has 1 aliphatic rings. The number of hydrogen-bond donors (Lipinski definition) is 1. The lowest BCUT2D eigenvalue weighted by atomic mass is 9.83. The molecule has 1 N–H and O–H groups in total. The number of aryl methyl sites for hydroxylation is 3. The van der Waals surface area contributed by atoms with E-state index in [9.17, 15) is 14.9 Å². The molecule has 0 spiro atoms. The van der Waals surface area contributed by atoms with Gasteiger partial charge in [0.2, 0.25) is 5.91 Å². The Morgan fingerprint density at radius 3 is 2.35 bits per heavy atom. The normalized spacial score (nSPS) is 17.6. The van der Waals surface area contributed by atoms with E-state index in [0.29, 0.717) is 29.8 Å². The summed E-state index contributed by atoms with van der Waals surface area (Å²) in [7, 11) is 0. The third-order valence-corrected chi connectivity index (χ3v) is 6.62. The van der Waals surface area contributed by atoms with E-state index in [2.05, 4.69) is 11.4 Å². The summed E-state index contributed by atoms with van der Waals surface area (Å²) in [6.45, 7) is 6.42. The van der Waals surface area contributed by atoms with Crippen molar-refractivity contribution < 1.29 is 9.59 Å². The fourth-order valence-electron chi connectivity index (χ4n) is 4.94. The van der Waals surface area contributed by atoms with E-state index in [4.69, 9.17) is 0 Å². The molecule has 4 rings (SSSR count). The minimum atomic E-state index is -0.434. The Hall–Kier alpha value is -3.91. The van der Waals surface area contributed by atoms with E-state index in [1.807, 2.05) is 86.3 Å². The number of piperidine rings is 1. The number of likely N-dealkylation sites (tertiary alicyclic amines) is 1. The monoisotopic (exact) mass is 451 g/mol. The number of nitrogens with zero attached hydrogens (tertiary/aromatic N) is 2. The van der Waals surface area contributed by atoms with Gasteiger partial charge < -0.3 is 10.2 Å². The molecule has 5 nitrogen and oxygen atoms in total. The Labute approximate surface area is 201 Å². The van der Waals surface area contributed by atoms with Crippen molar-refractivity contribution in [1.29, 1.82) is 5.26 Å². The second kappa shape index (κ2) is 9.93. The molecule has 34 heavy (non-hydrogen) atoms. The van der Waals surface area contributed by atoms with Crippen molar-refractivity contribution in [2.75, 3.05) is 11.9 Å². The number of anilines is 1.